The van der Waals surface area contributed by atoms with Crippen LogP contribution in [0.5, 0.6) is 0 Å². The van der Waals surface area contributed by atoms with Gasteiger partial charge in [0, 0.05) is 0 Å². The Morgan fingerprint density at radius 3 is 2.19 bits per heavy atom. The normalized spacial score (nSPS) is 21.5. The summed E-state index contributed by atoms with van der Waals surface area (Å²) in [6.07, 6.45) is 6.65. The van der Waals surface area contributed by atoms with Crippen LogP contribution in [0.4, 0.5) is 4.79 Å². The molecule has 1 saturated carbocycles. The second-order valence-electron chi connectivity index (χ2n) is 6.37. The average molecular weight is 223 g/mol. The second kappa shape index (κ2) is 3.69. The molecule has 16 heavy (non-hydrogen) atoms. The molecule has 0 aliphatic heterocycles. The molecule has 0 saturated heterocycles. The van der Waals surface area contributed by atoms with Crippen molar-refractivity contribution in [3.8, 4) is 12.3 Å². The van der Waals surface area contributed by atoms with E-state index in [0.29, 0.717) is 0 Å². The first-order valence-corrected chi connectivity index (χ1v) is 5.57. The quantitative estimate of drug-likeness (QED) is 0.694. The summed E-state index contributed by atoms with van der Waals surface area (Å²) in [5, 5.41) is 2.79. The molecule has 0 aromatic heterocycles. The highest BCUT2D eigenvalue weighted by atomic mass is 16.6. The van der Waals surface area contributed by atoms with Crippen LogP contribution >= 0.6 is 0 Å². The van der Waals surface area contributed by atoms with Crippen LogP contribution in [-0.4, -0.2) is 17.2 Å². The largest absolute Gasteiger partial charge is 0.444 e. The van der Waals surface area contributed by atoms with Gasteiger partial charge in [0.15, 0.2) is 0 Å². The first-order chi connectivity index (χ1) is 7.08. The monoisotopic (exact) mass is 223 g/mol. The van der Waals surface area contributed by atoms with Crippen LogP contribution < -0.4 is 5.32 Å². The number of alkyl carbamates (subject to hydrolysis) is 1. The van der Waals surface area contributed by atoms with Crippen molar-refractivity contribution in [1.82, 2.24) is 5.32 Å². The number of hydrogen-bond donors (Lipinski definition) is 1. The fraction of sp³-hybridized carbons (Fsp3) is 0.769. The molecule has 0 radical (unpaired) electrons. The van der Waals surface area contributed by atoms with Crippen molar-refractivity contribution in [2.45, 2.75) is 58.6 Å². The van der Waals surface area contributed by atoms with Gasteiger partial charge < -0.3 is 10.1 Å². The van der Waals surface area contributed by atoms with E-state index >= 15 is 0 Å². The third-order valence-corrected chi connectivity index (χ3v) is 2.58. The highest BCUT2D eigenvalue weighted by Crippen LogP contribution is 2.47. The molecule has 0 atom stereocenters. The molecule has 3 heteroatoms. The van der Waals surface area contributed by atoms with Gasteiger partial charge in [-0.05, 0) is 39.0 Å². The van der Waals surface area contributed by atoms with E-state index in [1.54, 1.807) is 0 Å². The molecule has 0 unspecified atom stereocenters. The number of ether oxygens (including phenoxy) is 1. The lowest BCUT2D eigenvalue weighted by Crippen LogP contribution is -2.60. The Labute approximate surface area is 97.9 Å². The lowest BCUT2D eigenvalue weighted by atomic mass is 9.60. The zero-order chi connectivity index (χ0) is 12.6. The first-order valence-electron chi connectivity index (χ1n) is 5.57. The zero-order valence-corrected chi connectivity index (χ0v) is 10.8. The summed E-state index contributed by atoms with van der Waals surface area (Å²) in [7, 11) is 0. The molecule has 90 valence electrons. The molecule has 1 fully saturated rings. The number of amides is 1. The molecule has 0 heterocycles. The number of carbonyl (C=O) groups is 1. The molecule has 1 amide bonds. The first kappa shape index (κ1) is 12.9. The van der Waals surface area contributed by atoms with Gasteiger partial charge in [-0.3, -0.25) is 0 Å². The van der Waals surface area contributed by atoms with E-state index in [9.17, 15) is 4.79 Å². The maximum absolute atomic E-state index is 11.6. The van der Waals surface area contributed by atoms with Gasteiger partial charge in [-0.2, -0.15) is 0 Å². The van der Waals surface area contributed by atoms with Crippen LogP contribution in [0.2, 0.25) is 0 Å². The summed E-state index contributed by atoms with van der Waals surface area (Å²) in [6.45, 7) is 9.78. The third kappa shape index (κ3) is 3.16. The summed E-state index contributed by atoms with van der Waals surface area (Å²) in [6, 6.07) is 0. The predicted octanol–water partition coefficient (Wildman–Crippen LogP) is 2.70. The van der Waals surface area contributed by atoms with E-state index in [2.05, 4.69) is 25.1 Å². The third-order valence-electron chi connectivity index (χ3n) is 2.58. The fourth-order valence-corrected chi connectivity index (χ4v) is 2.31. The van der Waals surface area contributed by atoms with Crippen molar-refractivity contribution in [3.05, 3.63) is 0 Å². The van der Waals surface area contributed by atoms with Gasteiger partial charge in [-0.1, -0.05) is 19.8 Å². The van der Waals surface area contributed by atoms with Crippen molar-refractivity contribution in [1.29, 1.82) is 0 Å². The van der Waals surface area contributed by atoms with Crippen LogP contribution in [-0.2, 0) is 4.74 Å². The smallest absolute Gasteiger partial charge is 0.408 e. The Balaban J connectivity index is 2.55. The van der Waals surface area contributed by atoms with Crippen molar-refractivity contribution in [2.75, 3.05) is 0 Å². The van der Waals surface area contributed by atoms with Gasteiger partial charge >= 0.3 is 6.09 Å². The molecular weight excluding hydrogens is 202 g/mol. The summed E-state index contributed by atoms with van der Waals surface area (Å²) in [4.78, 5) is 11.6. The summed E-state index contributed by atoms with van der Waals surface area (Å²) in [5.41, 5.74) is -0.785. The number of terminal acetylenes is 1. The minimum absolute atomic E-state index is 0.210. The zero-order valence-electron chi connectivity index (χ0n) is 10.8. The maximum atomic E-state index is 11.6. The summed E-state index contributed by atoms with van der Waals surface area (Å²) >= 11 is 0. The molecule has 1 aliphatic rings. The highest BCUT2D eigenvalue weighted by Gasteiger charge is 2.49. The van der Waals surface area contributed by atoms with E-state index < -0.39 is 17.2 Å². The minimum Gasteiger partial charge on any atom is -0.444 e. The minimum atomic E-state index is -0.508. The Morgan fingerprint density at radius 1 is 1.38 bits per heavy atom. The van der Waals surface area contributed by atoms with Crippen LogP contribution in [0.3, 0.4) is 0 Å². The molecule has 1 rings (SSSR count). The Morgan fingerprint density at radius 2 is 1.88 bits per heavy atom. The van der Waals surface area contributed by atoms with E-state index in [1.165, 1.54) is 0 Å². The molecule has 0 aromatic rings. The second-order valence-corrected chi connectivity index (χ2v) is 6.37. The number of carbonyl (C=O) groups excluding carboxylic acids is 1. The Bertz CT molecular complexity index is 323. The number of hydrogen-bond acceptors (Lipinski definition) is 2. The maximum Gasteiger partial charge on any atom is 0.408 e. The van der Waals surface area contributed by atoms with Gasteiger partial charge in [0.25, 0.3) is 0 Å². The van der Waals surface area contributed by atoms with Crippen LogP contribution in [0.25, 0.3) is 0 Å². The Hall–Kier alpha value is -1.17. The van der Waals surface area contributed by atoms with Gasteiger partial charge in [0.2, 0.25) is 0 Å². The van der Waals surface area contributed by atoms with Gasteiger partial charge in [-0.15, -0.1) is 6.42 Å². The number of rotatable bonds is 1. The molecular formula is C13H21NO2. The lowest BCUT2D eigenvalue weighted by Gasteiger charge is -2.50. The summed E-state index contributed by atoms with van der Waals surface area (Å²) < 4.78 is 5.19. The number of nitrogens with one attached hydrogen (secondary N) is 1. The van der Waals surface area contributed by atoms with E-state index in [1.807, 2.05) is 20.8 Å². The fourth-order valence-electron chi connectivity index (χ4n) is 2.31. The average Bonchev–Trinajstić information content (AvgIpc) is 1.96. The van der Waals surface area contributed by atoms with Gasteiger partial charge in [0.05, 0.1) is 0 Å². The lowest BCUT2D eigenvalue weighted by molar-refractivity contribution is 0.0258. The van der Waals surface area contributed by atoms with Gasteiger partial charge in [-0.25, -0.2) is 4.79 Å². The van der Waals surface area contributed by atoms with Crippen LogP contribution in [0.15, 0.2) is 0 Å². The van der Waals surface area contributed by atoms with Crippen molar-refractivity contribution < 1.29 is 9.53 Å². The Kier molecular flexibility index (Phi) is 2.98. The summed E-state index contributed by atoms with van der Waals surface area (Å²) in [5.74, 6) is 2.68. The molecule has 1 aliphatic carbocycles. The van der Waals surface area contributed by atoms with Crippen molar-refractivity contribution >= 4 is 6.09 Å². The highest BCUT2D eigenvalue weighted by molar-refractivity contribution is 5.70. The van der Waals surface area contributed by atoms with Crippen molar-refractivity contribution in [3.63, 3.8) is 0 Å². The topological polar surface area (TPSA) is 38.3 Å². The van der Waals surface area contributed by atoms with Crippen LogP contribution in [0.1, 0.15) is 47.5 Å². The van der Waals surface area contributed by atoms with Crippen LogP contribution in [0, 0.1) is 17.8 Å². The molecule has 0 spiro atoms. The SMILES string of the molecule is C#CC1(NC(=O)OC(C)(C)C)CC(C)(C)C1. The van der Waals surface area contributed by atoms with Gasteiger partial charge in [0.1, 0.15) is 11.1 Å². The van der Waals surface area contributed by atoms with E-state index in [-0.39, 0.29) is 5.41 Å². The molecule has 3 nitrogen and oxygen atoms in total. The van der Waals surface area contributed by atoms with Crippen molar-refractivity contribution in [2.24, 2.45) is 5.41 Å². The predicted molar refractivity (Wildman–Crippen MR) is 63.9 cm³/mol. The molecule has 0 bridgehead atoms. The van der Waals surface area contributed by atoms with E-state index in [0.717, 1.165) is 12.8 Å². The van der Waals surface area contributed by atoms with E-state index in [4.69, 9.17) is 11.2 Å². The molecule has 1 N–H and O–H groups in total. The standard InChI is InChI=1S/C13H21NO2/c1-7-13(8-12(5,6)9-13)14-10(15)16-11(2,3)4/h1H,8-9H2,2-6H3,(H,14,15). The molecule has 0 aromatic carbocycles.